The third-order valence-electron chi connectivity index (χ3n) is 3.99. The molecule has 0 radical (unpaired) electrons. The highest BCUT2D eigenvalue weighted by Crippen LogP contribution is 2.26. The predicted molar refractivity (Wildman–Crippen MR) is 87.2 cm³/mol. The summed E-state index contributed by atoms with van der Waals surface area (Å²) in [4.78, 5) is 0. The maximum Gasteiger partial charge on any atom is 0.122 e. The van der Waals surface area contributed by atoms with E-state index in [4.69, 9.17) is 9.47 Å². The second-order valence-corrected chi connectivity index (χ2v) is 5.73. The van der Waals surface area contributed by atoms with Crippen LogP contribution >= 0.6 is 0 Å². The van der Waals surface area contributed by atoms with Crippen LogP contribution in [0.25, 0.3) is 0 Å². The Hall–Kier alpha value is -1.06. The molecule has 1 aliphatic rings. The smallest absolute Gasteiger partial charge is 0.122 e. The Labute approximate surface area is 129 Å². The van der Waals surface area contributed by atoms with Crippen LogP contribution in [0.15, 0.2) is 18.2 Å². The zero-order valence-electron chi connectivity index (χ0n) is 13.5. The molecule has 1 N–H and O–H groups in total. The molecule has 0 amide bonds. The molecule has 3 nitrogen and oxygen atoms in total. The number of rotatable bonds is 10. The van der Waals surface area contributed by atoms with Gasteiger partial charge in [0.05, 0.1) is 6.61 Å². The van der Waals surface area contributed by atoms with Crippen LogP contribution in [-0.4, -0.2) is 32.4 Å². The van der Waals surface area contributed by atoms with Gasteiger partial charge in [-0.25, -0.2) is 0 Å². The van der Waals surface area contributed by atoms with E-state index in [2.05, 4.69) is 37.4 Å². The highest BCUT2D eigenvalue weighted by atomic mass is 16.5. The Morgan fingerprint density at radius 3 is 2.95 bits per heavy atom. The number of benzene rings is 1. The number of aryl methyl sites for hydroxylation is 1. The summed E-state index contributed by atoms with van der Waals surface area (Å²) >= 11 is 0. The van der Waals surface area contributed by atoms with Gasteiger partial charge in [0, 0.05) is 25.7 Å². The summed E-state index contributed by atoms with van der Waals surface area (Å²) in [5, 5.41) is 3.58. The van der Waals surface area contributed by atoms with Gasteiger partial charge in [-0.1, -0.05) is 26.0 Å². The van der Waals surface area contributed by atoms with Gasteiger partial charge < -0.3 is 14.8 Å². The first kappa shape index (κ1) is 16.3. The minimum Gasteiger partial charge on any atom is -0.493 e. The van der Waals surface area contributed by atoms with Crippen LogP contribution in [0.4, 0.5) is 0 Å². The van der Waals surface area contributed by atoms with Crippen LogP contribution in [-0.2, 0) is 17.6 Å². The van der Waals surface area contributed by atoms with E-state index in [0.29, 0.717) is 6.04 Å². The number of hydrogen-bond acceptors (Lipinski definition) is 3. The maximum atomic E-state index is 5.62. The largest absolute Gasteiger partial charge is 0.493 e. The summed E-state index contributed by atoms with van der Waals surface area (Å²) in [5.41, 5.74) is 2.80. The van der Waals surface area contributed by atoms with Gasteiger partial charge in [0.1, 0.15) is 5.75 Å². The number of ether oxygens (including phenoxy) is 2. The van der Waals surface area contributed by atoms with E-state index in [-0.39, 0.29) is 0 Å². The van der Waals surface area contributed by atoms with E-state index >= 15 is 0 Å². The number of hydrogen-bond donors (Lipinski definition) is 1. The van der Waals surface area contributed by atoms with E-state index in [1.165, 1.54) is 17.5 Å². The van der Waals surface area contributed by atoms with Crippen LogP contribution < -0.4 is 10.1 Å². The molecule has 0 aliphatic carbocycles. The monoisotopic (exact) mass is 291 g/mol. The molecule has 1 atom stereocenters. The van der Waals surface area contributed by atoms with Crippen molar-refractivity contribution in [3.05, 3.63) is 29.3 Å². The van der Waals surface area contributed by atoms with E-state index in [0.717, 1.165) is 57.8 Å². The first-order valence-corrected chi connectivity index (χ1v) is 8.39. The molecule has 1 aromatic rings. The molecular formula is C18H29NO2. The van der Waals surface area contributed by atoms with Gasteiger partial charge in [0.25, 0.3) is 0 Å². The molecule has 118 valence electrons. The summed E-state index contributed by atoms with van der Waals surface area (Å²) in [7, 11) is 0. The van der Waals surface area contributed by atoms with Crippen LogP contribution in [0, 0.1) is 0 Å². The Kier molecular flexibility index (Phi) is 7.04. The molecule has 21 heavy (non-hydrogen) atoms. The third-order valence-corrected chi connectivity index (χ3v) is 3.99. The minimum atomic E-state index is 0.552. The standard InChI is InChI=1S/C18H29NO2/c1-3-11-20-12-10-17(19-4-2)7-5-15-6-8-18-16(14-15)9-13-21-18/h6,8,14,17,19H,3-5,7,9-13H2,1-2H3. The average Bonchev–Trinajstić information content (AvgIpc) is 2.96. The van der Waals surface area contributed by atoms with Crippen molar-refractivity contribution in [2.75, 3.05) is 26.4 Å². The molecule has 0 spiro atoms. The van der Waals surface area contributed by atoms with Gasteiger partial charge in [-0.3, -0.25) is 0 Å². The Morgan fingerprint density at radius 1 is 1.24 bits per heavy atom. The van der Waals surface area contributed by atoms with Crippen molar-refractivity contribution < 1.29 is 9.47 Å². The molecule has 1 aromatic carbocycles. The Balaban J connectivity index is 1.77. The number of fused-ring (bicyclic) bond motifs is 1. The maximum absolute atomic E-state index is 5.62. The summed E-state index contributed by atoms with van der Waals surface area (Å²) in [6.07, 6.45) is 5.55. The first-order chi connectivity index (χ1) is 10.3. The molecule has 1 heterocycles. The summed E-state index contributed by atoms with van der Waals surface area (Å²) in [5.74, 6) is 1.08. The van der Waals surface area contributed by atoms with E-state index in [1.807, 2.05) is 0 Å². The van der Waals surface area contributed by atoms with Crippen molar-refractivity contribution in [3.63, 3.8) is 0 Å². The third kappa shape index (κ3) is 5.33. The van der Waals surface area contributed by atoms with Crippen LogP contribution in [0.3, 0.4) is 0 Å². The fourth-order valence-corrected chi connectivity index (χ4v) is 2.85. The molecule has 1 unspecified atom stereocenters. The lowest BCUT2D eigenvalue weighted by molar-refractivity contribution is 0.124. The molecule has 0 fully saturated rings. The highest BCUT2D eigenvalue weighted by molar-refractivity contribution is 5.39. The lowest BCUT2D eigenvalue weighted by atomic mass is 10.0. The summed E-state index contributed by atoms with van der Waals surface area (Å²) < 4.78 is 11.2. The van der Waals surface area contributed by atoms with Gasteiger partial charge in [0.2, 0.25) is 0 Å². The second-order valence-electron chi connectivity index (χ2n) is 5.73. The molecule has 0 saturated carbocycles. The van der Waals surface area contributed by atoms with Gasteiger partial charge in [-0.15, -0.1) is 0 Å². The van der Waals surface area contributed by atoms with Gasteiger partial charge >= 0.3 is 0 Å². The Bertz CT molecular complexity index is 420. The molecule has 0 aromatic heterocycles. The normalized spacial score (nSPS) is 14.8. The summed E-state index contributed by atoms with van der Waals surface area (Å²) in [6.45, 7) is 7.93. The fraction of sp³-hybridized carbons (Fsp3) is 0.667. The molecule has 1 aliphatic heterocycles. The van der Waals surface area contributed by atoms with E-state index < -0.39 is 0 Å². The van der Waals surface area contributed by atoms with Gasteiger partial charge in [-0.2, -0.15) is 0 Å². The zero-order chi connectivity index (χ0) is 14.9. The molecule has 0 bridgehead atoms. The highest BCUT2D eigenvalue weighted by Gasteiger charge is 2.13. The predicted octanol–water partition coefficient (Wildman–Crippen LogP) is 3.35. The zero-order valence-corrected chi connectivity index (χ0v) is 13.5. The SMILES string of the molecule is CCCOCCC(CCc1ccc2c(c1)CCO2)NCC. The molecule has 0 saturated heterocycles. The molecule has 3 heteroatoms. The number of nitrogens with one attached hydrogen (secondary N) is 1. The Morgan fingerprint density at radius 2 is 2.14 bits per heavy atom. The topological polar surface area (TPSA) is 30.5 Å². The van der Waals surface area contributed by atoms with Crippen molar-refractivity contribution in [2.45, 2.75) is 52.0 Å². The minimum absolute atomic E-state index is 0.552. The average molecular weight is 291 g/mol. The summed E-state index contributed by atoms with van der Waals surface area (Å²) in [6, 6.07) is 7.21. The second kappa shape index (κ2) is 9.06. The van der Waals surface area contributed by atoms with Crippen molar-refractivity contribution in [3.8, 4) is 5.75 Å². The first-order valence-electron chi connectivity index (χ1n) is 8.39. The van der Waals surface area contributed by atoms with Crippen molar-refractivity contribution in [2.24, 2.45) is 0 Å². The lowest BCUT2D eigenvalue weighted by Gasteiger charge is -2.18. The van der Waals surface area contributed by atoms with Crippen LogP contribution in [0.2, 0.25) is 0 Å². The van der Waals surface area contributed by atoms with E-state index in [9.17, 15) is 0 Å². The molecular weight excluding hydrogens is 262 g/mol. The van der Waals surface area contributed by atoms with Crippen LogP contribution in [0.5, 0.6) is 5.75 Å². The van der Waals surface area contributed by atoms with Crippen LogP contribution in [0.1, 0.15) is 44.2 Å². The van der Waals surface area contributed by atoms with Gasteiger partial charge in [-0.05, 0) is 49.4 Å². The fourth-order valence-electron chi connectivity index (χ4n) is 2.85. The lowest BCUT2D eigenvalue weighted by Crippen LogP contribution is -2.30. The van der Waals surface area contributed by atoms with Gasteiger partial charge in [0.15, 0.2) is 0 Å². The quantitative estimate of drug-likeness (QED) is 0.671. The van der Waals surface area contributed by atoms with Crippen molar-refractivity contribution >= 4 is 0 Å². The molecule has 2 rings (SSSR count). The van der Waals surface area contributed by atoms with E-state index in [1.54, 1.807) is 0 Å². The van der Waals surface area contributed by atoms with Crippen molar-refractivity contribution in [1.82, 2.24) is 5.32 Å². The van der Waals surface area contributed by atoms with Crippen molar-refractivity contribution in [1.29, 1.82) is 0 Å².